The van der Waals surface area contributed by atoms with Gasteiger partial charge in [0.2, 0.25) is 0 Å². The third-order valence-electron chi connectivity index (χ3n) is 3.54. The normalized spacial score (nSPS) is 24.8. The zero-order valence-electron chi connectivity index (χ0n) is 9.90. The summed E-state index contributed by atoms with van der Waals surface area (Å²) in [5.41, 5.74) is 0.116. The highest BCUT2D eigenvalue weighted by atomic mass is 35.7. The molecule has 1 aromatic heterocycles. The van der Waals surface area contributed by atoms with Crippen molar-refractivity contribution in [2.75, 3.05) is 0 Å². The third kappa shape index (κ3) is 2.63. The van der Waals surface area contributed by atoms with E-state index >= 15 is 0 Å². The van der Waals surface area contributed by atoms with E-state index in [1.807, 2.05) is 0 Å². The first-order valence-corrected chi connectivity index (χ1v) is 7.98. The number of hydrogen-bond acceptors (Lipinski definition) is 4. The molecule has 1 N–H and O–H groups in total. The van der Waals surface area contributed by atoms with E-state index in [9.17, 15) is 8.42 Å². The Hall–Kier alpha value is -0.620. The summed E-state index contributed by atoms with van der Waals surface area (Å²) in [5.74, 6) is 0.852. The third-order valence-corrected chi connectivity index (χ3v) is 4.57. The van der Waals surface area contributed by atoms with Gasteiger partial charge in [0, 0.05) is 16.6 Å². The predicted octanol–water partition coefficient (Wildman–Crippen LogP) is 2.42. The molecule has 1 aliphatic carbocycles. The summed E-state index contributed by atoms with van der Waals surface area (Å²) in [7, 11) is 1.37. The van der Waals surface area contributed by atoms with Gasteiger partial charge < -0.3 is 0 Å². The lowest BCUT2D eigenvalue weighted by Crippen LogP contribution is -2.26. The molecule has 1 saturated carbocycles. The van der Waals surface area contributed by atoms with Crippen molar-refractivity contribution in [3.8, 4) is 0 Å². The predicted molar refractivity (Wildman–Crippen MR) is 64.4 cm³/mol. The lowest BCUT2D eigenvalue weighted by molar-refractivity contribution is 0.192. The van der Waals surface area contributed by atoms with E-state index in [0.29, 0.717) is 5.82 Å². The summed E-state index contributed by atoms with van der Waals surface area (Å²) < 4.78 is 22.2. The lowest BCUT2D eigenvalue weighted by atomic mass is 9.68. The molecule has 0 aromatic carbocycles. The van der Waals surface area contributed by atoms with Crippen molar-refractivity contribution in [3.05, 3.63) is 5.82 Å². The van der Waals surface area contributed by atoms with Gasteiger partial charge in [-0.05, 0) is 18.3 Å². The zero-order valence-corrected chi connectivity index (χ0v) is 11.5. The van der Waals surface area contributed by atoms with Gasteiger partial charge in [-0.1, -0.05) is 26.7 Å². The van der Waals surface area contributed by atoms with Gasteiger partial charge in [-0.15, -0.1) is 5.10 Å². The standard InChI is InChI=1S/C10H16ClN3O2S/c1-10(2)6-4-3-5-7(10)8-12-9(14-13-8)17(11,15)16/h7H,3-6H2,1-2H3,(H,12,13,14). The largest absolute Gasteiger partial charge is 0.298 e. The summed E-state index contributed by atoms with van der Waals surface area (Å²) >= 11 is 0. The van der Waals surface area contributed by atoms with E-state index in [-0.39, 0.29) is 16.5 Å². The van der Waals surface area contributed by atoms with Crippen LogP contribution in [0.1, 0.15) is 51.3 Å². The van der Waals surface area contributed by atoms with Crippen LogP contribution in [0.2, 0.25) is 0 Å². The molecule has 1 atom stereocenters. The van der Waals surface area contributed by atoms with Crippen LogP contribution in [0, 0.1) is 5.41 Å². The molecule has 17 heavy (non-hydrogen) atoms. The molecular weight excluding hydrogens is 262 g/mol. The van der Waals surface area contributed by atoms with Gasteiger partial charge in [-0.3, -0.25) is 5.10 Å². The maximum Gasteiger partial charge on any atom is 0.298 e. The molecular formula is C10H16ClN3O2S. The molecule has 7 heteroatoms. The van der Waals surface area contributed by atoms with Gasteiger partial charge in [0.1, 0.15) is 5.82 Å². The first kappa shape index (κ1) is 12.8. The van der Waals surface area contributed by atoms with E-state index in [0.717, 1.165) is 19.3 Å². The number of nitrogens with one attached hydrogen (secondary N) is 1. The topological polar surface area (TPSA) is 75.7 Å². The summed E-state index contributed by atoms with van der Waals surface area (Å²) in [6, 6.07) is 0. The first-order valence-electron chi connectivity index (χ1n) is 5.68. The van der Waals surface area contributed by atoms with Crippen molar-refractivity contribution in [3.63, 3.8) is 0 Å². The Labute approximate surface area is 105 Å². The second-order valence-corrected chi connectivity index (χ2v) is 7.69. The van der Waals surface area contributed by atoms with Crippen LogP contribution in [-0.2, 0) is 9.05 Å². The lowest BCUT2D eigenvalue weighted by Gasteiger charge is -2.37. The van der Waals surface area contributed by atoms with Crippen molar-refractivity contribution < 1.29 is 8.42 Å². The quantitative estimate of drug-likeness (QED) is 0.842. The van der Waals surface area contributed by atoms with Gasteiger partial charge in [-0.2, -0.15) is 0 Å². The van der Waals surface area contributed by atoms with Gasteiger partial charge in [0.25, 0.3) is 14.2 Å². The monoisotopic (exact) mass is 277 g/mol. The van der Waals surface area contributed by atoms with Gasteiger partial charge in [-0.25, -0.2) is 13.4 Å². The van der Waals surface area contributed by atoms with Crippen LogP contribution in [0.4, 0.5) is 0 Å². The van der Waals surface area contributed by atoms with Crippen molar-refractivity contribution in [2.24, 2.45) is 5.41 Å². The fourth-order valence-corrected chi connectivity index (χ4v) is 3.09. The van der Waals surface area contributed by atoms with Crippen molar-refractivity contribution in [1.82, 2.24) is 15.2 Å². The fraction of sp³-hybridized carbons (Fsp3) is 0.800. The van der Waals surface area contributed by atoms with Crippen molar-refractivity contribution >= 4 is 19.7 Å². The van der Waals surface area contributed by atoms with E-state index in [1.165, 1.54) is 6.42 Å². The maximum absolute atomic E-state index is 11.1. The SMILES string of the molecule is CC1(C)CCCCC1c1nc(S(=O)(=O)Cl)n[nH]1. The van der Waals surface area contributed by atoms with E-state index < -0.39 is 9.05 Å². The number of rotatable bonds is 2. The molecule has 5 nitrogen and oxygen atoms in total. The number of aromatic nitrogens is 3. The van der Waals surface area contributed by atoms with Crippen molar-refractivity contribution in [2.45, 2.75) is 50.6 Å². The molecule has 0 spiro atoms. The minimum atomic E-state index is -3.84. The summed E-state index contributed by atoms with van der Waals surface area (Å²) in [6.45, 7) is 4.35. The second kappa shape index (κ2) is 4.24. The first-order chi connectivity index (χ1) is 7.81. The highest BCUT2D eigenvalue weighted by Crippen LogP contribution is 2.45. The number of aromatic amines is 1. The number of halogens is 1. The van der Waals surface area contributed by atoms with Crippen LogP contribution in [0.25, 0.3) is 0 Å². The molecule has 1 aromatic rings. The Kier molecular flexibility index (Phi) is 3.20. The maximum atomic E-state index is 11.1. The van der Waals surface area contributed by atoms with Crippen LogP contribution >= 0.6 is 10.7 Å². The highest BCUT2D eigenvalue weighted by Gasteiger charge is 2.36. The average molecular weight is 278 g/mol. The van der Waals surface area contributed by atoms with E-state index in [2.05, 4.69) is 29.0 Å². The zero-order chi connectivity index (χ0) is 12.7. The summed E-state index contributed by atoms with van der Waals surface area (Å²) in [4.78, 5) is 4.01. The Balaban J connectivity index is 2.31. The highest BCUT2D eigenvalue weighted by molar-refractivity contribution is 8.13. The molecule has 0 bridgehead atoms. The van der Waals surface area contributed by atoms with Crippen LogP contribution in [0.15, 0.2) is 5.16 Å². The molecule has 0 aliphatic heterocycles. The van der Waals surface area contributed by atoms with Gasteiger partial charge >= 0.3 is 0 Å². The Morgan fingerprint density at radius 2 is 2.12 bits per heavy atom. The van der Waals surface area contributed by atoms with Crippen LogP contribution < -0.4 is 0 Å². The molecule has 1 fully saturated rings. The fourth-order valence-electron chi connectivity index (χ4n) is 2.52. The number of nitrogens with zero attached hydrogens (tertiary/aromatic N) is 2. The Morgan fingerprint density at radius 1 is 1.41 bits per heavy atom. The molecule has 1 unspecified atom stereocenters. The molecule has 0 radical (unpaired) electrons. The summed E-state index contributed by atoms with van der Waals surface area (Å²) in [6.07, 6.45) is 4.46. The Morgan fingerprint density at radius 3 is 2.65 bits per heavy atom. The molecule has 1 heterocycles. The Bertz CT molecular complexity index is 509. The van der Waals surface area contributed by atoms with Crippen LogP contribution in [0.5, 0.6) is 0 Å². The number of H-pyrrole nitrogens is 1. The van der Waals surface area contributed by atoms with Crippen molar-refractivity contribution in [1.29, 1.82) is 0 Å². The van der Waals surface area contributed by atoms with Gasteiger partial charge in [0.15, 0.2) is 0 Å². The van der Waals surface area contributed by atoms with Crippen LogP contribution in [-0.4, -0.2) is 23.6 Å². The number of hydrogen-bond donors (Lipinski definition) is 1. The van der Waals surface area contributed by atoms with Gasteiger partial charge in [0.05, 0.1) is 0 Å². The minimum absolute atomic E-state index is 0.116. The molecule has 0 amide bonds. The summed E-state index contributed by atoms with van der Waals surface area (Å²) in [5, 5.41) is 6.06. The van der Waals surface area contributed by atoms with E-state index in [1.54, 1.807) is 0 Å². The van der Waals surface area contributed by atoms with E-state index in [4.69, 9.17) is 10.7 Å². The molecule has 96 valence electrons. The second-order valence-electron chi connectivity index (χ2n) is 5.23. The molecule has 1 aliphatic rings. The van der Waals surface area contributed by atoms with Crippen LogP contribution in [0.3, 0.4) is 0 Å². The molecule has 2 rings (SSSR count). The minimum Gasteiger partial charge on any atom is -0.262 e. The smallest absolute Gasteiger partial charge is 0.262 e. The average Bonchev–Trinajstić information content (AvgIpc) is 2.65. The molecule has 0 saturated heterocycles.